The maximum Gasteiger partial charge on any atom is 0.372 e. The van der Waals surface area contributed by atoms with Gasteiger partial charge in [0.15, 0.2) is 0 Å². The summed E-state index contributed by atoms with van der Waals surface area (Å²) in [6, 6.07) is 0. The summed E-state index contributed by atoms with van der Waals surface area (Å²) >= 11 is 0. The van der Waals surface area contributed by atoms with Gasteiger partial charge in [0.2, 0.25) is 5.78 Å². The molecule has 0 aliphatic carbocycles. The van der Waals surface area contributed by atoms with E-state index >= 15 is 0 Å². The van der Waals surface area contributed by atoms with Gasteiger partial charge in [-0.2, -0.15) is 0 Å². The minimum atomic E-state index is -1.34. The first kappa shape index (κ1) is 14.6. The molecule has 3 nitrogen and oxygen atoms in total. The number of carboxylic acid groups (broad SMARTS) is 1. The second-order valence-electron chi connectivity index (χ2n) is 4.14. The number of carboxylic acids is 1. The molecule has 0 saturated heterocycles. The van der Waals surface area contributed by atoms with Crippen LogP contribution in [-0.4, -0.2) is 16.9 Å². The van der Waals surface area contributed by atoms with Gasteiger partial charge in [0.25, 0.3) is 0 Å². The summed E-state index contributed by atoms with van der Waals surface area (Å²) in [4.78, 5) is 21.0. The lowest BCUT2D eigenvalue weighted by atomic mass is 10.1. The average molecular weight is 224 g/mol. The highest BCUT2D eigenvalue weighted by molar-refractivity contribution is 6.32. The standard InChI is InChI=1S/C13H20O3/c1-10(2)6-4-7-11(3)8-5-9-12(14)13(15)16/h6,8H,4-5,7,9H2,1-3H3,(H,15,16). The molecule has 0 aromatic rings. The van der Waals surface area contributed by atoms with Crippen LogP contribution in [0, 0.1) is 0 Å². The van der Waals surface area contributed by atoms with Gasteiger partial charge in [-0.15, -0.1) is 0 Å². The molecule has 1 N–H and O–H groups in total. The number of carbonyl (C=O) groups excluding carboxylic acids is 1. The molecule has 0 unspecified atom stereocenters. The number of aliphatic carboxylic acids is 1. The van der Waals surface area contributed by atoms with Crippen LogP contribution in [0.2, 0.25) is 0 Å². The van der Waals surface area contributed by atoms with E-state index in [1.54, 1.807) is 0 Å². The molecule has 0 aromatic heterocycles. The smallest absolute Gasteiger partial charge is 0.372 e. The molecule has 90 valence electrons. The van der Waals surface area contributed by atoms with Crippen LogP contribution in [0.15, 0.2) is 23.3 Å². The van der Waals surface area contributed by atoms with Gasteiger partial charge in [-0.05, 0) is 40.0 Å². The first-order chi connectivity index (χ1) is 7.43. The van der Waals surface area contributed by atoms with Crippen molar-refractivity contribution in [1.82, 2.24) is 0 Å². The van der Waals surface area contributed by atoms with E-state index in [9.17, 15) is 9.59 Å². The van der Waals surface area contributed by atoms with Gasteiger partial charge in [-0.1, -0.05) is 23.3 Å². The summed E-state index contributed by atoms with van der Waals surface area (Å²) in [5.74, 6) is -2.05. The minimum absolute atomic E-state index is 0.0926. The fourth-order valence-corrected chi connectivity index (χ4v) is 1.25. The first-order valence-electron chi connectivity index (χ1n) is 5.48. The van der Waals surface area contributed by atoms with E-state index in [0.717, 1.165) is 12.8 Å². The molecular weight excluding hydrogens is 204 g/mol. The highest BCUT2D eigenvalue weighted by atomic mass is 16.4. The van der Waals surface area contributed by atoms with Crippen molar-refractivity contribution in [3.63, 3.8) is 0 Å². The van der Waals surface area contributed by atoms with Gasteiger partial charge in [0.1, 0.15) is 0 Å². The summed E-state index contributed by atoms with van der Waals surface area (Å²) in [5.41, 5.74) is 2.50. The van der Waals surface area contributed by atoms with Crippen molar-refractivity contribution in [2.45, 2.75) is 46.5 Å². The molecule has 0 atom stereocenters. The lowest BCUT2D eigenvalue weighted by Crippen LogP contribution is -2.11. The lowest BCUT2D eigenvalue weighted by Gasteiger charge is -1.98. The third kappa shape index (κ3) is 7.97. The first-order valence-corrected chi connectivity index (χ1v) is 5.48. The molecule has 0 radical (unpaired) electrons. The number of carbonyl (C=O) groups is 2. The van der Waals surface area contributed by atoms with E-state index in [2.05, 4.69) is 19.9 Å². The van der Waals surface area contributed by atoms with Crippen molar-refractivity contribution in [3.05, 3.63) is 23.3 Å². The van der Waals surface area contributed by atoms with Crippen molar-refractivity contribution < 1.29 is 14.7 Å². The van der Waals surface area contributed by atoms with Crippen LogP contribution in [-0.2, 0) is 9.59 Å². The Balaban J connectivity index is 3.83. The van der Waals surface area contributed by atoms with Crippen LogP contribution in [0.1, 0.15) is 46.5 Å². The van der Waals surface area contributed by atoms with Crippen molar-refractivity contribution in [3.8, 4) is 0 Å². The Kier molecular flexibility index (Phi) is 7.18. The van der Waals surface area contributed by atoms with Crippen LogP contribution in [0.3, 0.4) is 0 Å². The zero-order chi connectivity index (χ0) is 12.6. The Hall–Kier alpha value is -1.38. The van der Waals surface area contributed by atoms with Gasteiger partial charge in [0.05, 0.1) is 0 Å². The number of rotatable bonds is 7. The van der Waals surface area contributed by atoms with Gasteiger partial charge in [0, 0.05) is 6.42 Å². The molecule has 0 heterocycles. The Morgan fingerprint density at radius 3 is 2.06 bits per heavy atom. The fraction of sp³-hybridized carbons (Fsp3) is 0.538. The molecule has 0 saturated carbocycles. The van der Waals surface area contributed by atoms with Crippen LogP contribution < -0.4 is 0 Å². The Morgan fingerprint density at radius 2 is 1.56 bits per heavy atom. The topological polar surface area (TPSA) is 54.4 Å². The number of Topliss-reactive ketones (excluding diaryl/α,β-unsaturated/α-hetero) is 1. The normalized spacial score (nSPS) is 11.1. The predicted octanol–water partition coefficient (Wildman–Crippen LogP) is 3.11. The lowest BCUT2D eigenvalue weighted by molar-refractivity contribution is -0.149. The van der Waals surface area contributed by atoms with Gasteiger partial charge in [-0.25, -0.2) is 4.79 Å². The Labute approximate surface area is 96.9 Å². The molecule has 0 aliphatic heterocycles. The minimum Gasteiger partial charge on any atom is -0.476 e. The average Bonchev–Trinajstić information content (AvgIpc) is 2.16. The van der Waals surface area contributed by atoms with Gasteiger partial charge < -0.3 is 5.11 Å². The molecule has 0 aromatic carbocycles. The molecule has 0 bridgehead atoms. The number of hydrogen-bond acceptors (Lipinski definition) is 2. The zero-order valence-corrected chi connectivity index (χ0v) is 10.2. The van der Waals surface area contributed by atoms with Crippen LogP contribution in [0.4, 0.5) is 0 Å². The molecule has 0 aliphatic rings. The van der Waals surface area contributed by atoms with Crippen LogP contribution >= 0.6 is 0 Å². The maximum absolute atomic E-state index is 10.8. The third-order valence-corrected chi connectivity index (χ3v) is 2.19. The van der Waals surface area contributed by atoms with Gasteiger partial charge in [-0.3, -0.25) is 4.79 Å². The second kappa shape index (κ2) is 7.85. The molecule has 0 rings (SSSR count). The molecule has 16 heavy (non-hydrogen) atoms. The second-order valence-corrected chi connectivity index (χ2v) is 4.14. The van der Waals surface area contributed by atoms with Crippen LogP contribution in [0.5, 0.6) is 0 Å². The van der Waals surface area contributed by atoms with Crippen molar-refractivity contribution in [2.75, 3.05) is 0 Å². The quantitative estimate of drug-likeness (QED) is 0.534. The van der Waals surface area contributed by atoms with Crippen molar-refractivity contribution in [2.24, 2.45) is 0 Å². The van der Waals surface area contributed by atoms with E-state index in [0.29, 0.717) is 6.42 Å². The molecular formula is C13H20O3. The summed E-state index contributed by atoms with van der Waals surface area (Å²) in [5, 5.41) is 8.37. The summed E-state index contributed by atoms with van der Waals surface area (Å²) in [6.45, 7) is 6.12. The molecule has 0 spiro atoms. The summed E-state index contributed by atoms with van der Waals surface area (Å²) < 4.78 is 0. The molecule has 3 heteroatoms. The Bertz CT molecular complexity index is 307. The predicted molar refractivity (Wildman–Crippen MR) is 64.3 cm³/mol. The zero-order valence-electron chi connectivity index (χ0n) is 10.2. The summed E-state index contributed by atoms with van der Waals surface area (Å²) in [6.07, 6.45) is 6.69. The number of hydrogen-bond donors (Lipinski definition) is 1. The van der Waals surface area contributed by atoms with Gasteiger partial charge >= 0.3 is 5.97 Å². The fourth-order valence-electron chi connectivity index (χ4n) is 1.25. The number of ketones is 1. The van der Waals surface area contributed by atoms with E-state index in [-0.39, 0.29) is 6.42 Å². The Morgan fingerprint density at radius 1 is 1.00 bits per heavy atom. The van der Waals surface area contributed by atoms with E-state index in [4.69, 9.17) is 5.11 Å². The molecule has 0 amide bonds. The SMILES string of the molecule is CC(C)=CCCC(C)=CCCC(=O)C(=O)O. The maximum atomic E-state index is 10.8. The van der Waals surface area contributed by atoms with Crippen LogP contribution in [0.25, 0.3) is 0 Å². The van der Waals surface area contributed by atoms with E-state index in [1.807, 2.05) is 13.0 Å². The van der Waals surface area contributed by atoms with E-state index in [1.165, 1.54) is 11.1 Å². The largest absolute Gasteiger partial charge is 0.476 e. The van der Waals surface area contributed by atoms with E-state index < -0.39 is 11.8 Å². The summed E-state index contributed by atoms with van der Waals surface area (Å²) in [7, 11) is 0. The highest BCUT2D eigenvalue weighted by Crippen LogP contribution is 2.08. The van der Waals surface area contributed by atoms with Crippen molar-refractivity contribution in [1.29, 1.82) is 0 Å². The highest BCUT2D eigenvalue weighted by Gasteiger charge is 2.08. The number of allylic oxidation sites excluding steroid dienone is 4. The van der Waals surface area contributed by atoms with Crippen molar-refractivity contribution >= 4 is 11.8 Å². The molecule has 0 fully saturated rings. The monoisotopic (exact) mass is 224 g/mol. The third-order valence-electron chi connectivity index (χ3n) is 2.19.